The highest BCUT2D eigenvalue weighted by Gasteiger charge is 2.15. The van der Waals surface area contributed by atoms with Gasteiger partial charge in [-0.15, -0.1) is 0 Å². The van der Waals surface area contributed by atoms with E-state index in [1.165, 1.54) is 29.2 Å². The van der Waals surface area contributed by atoms with Gasteiger partial charge in [-0.25, -0.2) is 18.7 Å². The topological polar surface area (TPSA) is 88.9 Å². The molecule has 33 heavy (non-hydrogen) atoms. The van der Waals surface area contributed by atoms with Crippen molar-refractivity contribution < 1.29 is 13.6 Å². The van der Waals surface area contributed by atoms with Gasteiger partial charge >= 0.3 is 0 Å². The third-order valence-corrected chi connectivity index (χ3v) is 5.45. The highest BCUT2D eigenvalue weighted by molar-refractivity contribution is 5.94. The van der Waals surface area contributed by atoms with Crippen LogP contribution in [-0.2, 0) is 13.1 Å². The number of benzene rings is 2. The molecule has 4 rings (SSSR count). The van der Waals surface area contributed by atoms with Gasteiger partial charge in [-0.2, -0.15) is 0 Å². The number of amides is 1. The lowest BCUT2D eigenvalue weighted by molar-refractivity contribution is 0.0948. The Morgan fingerprint density at radius 3 is 2.67 bits per heavy atom. The van der Waals surface area contributed by atoms with Crippen LogP contribution in [0, 0.1) is 18.6 Å². The summed E-state index contributed by atoms with van der Waals surface area (Å²) in [6.07, 6.45) is 2.98. The molecule has 0 saturated heterocycles. The molecule has 0 radical (unpaired) electrons. The van der Waals surface area contributed by atoms with Crippen LogP contribution in [0.4, 0.5) is 14.6 Å². The minimum absolute atomic E-state index is 0.00767. The molecule has 0 bridgehead atoms. The molecule has 0 aliphatic heterocycles. The van der Waals surface area contributed by atoms with Gasteiger partial charge < -0.3 is 15.2 Å². The number of nitrogens with zero attached hydrogens (tertiary/aromatic N) is 3. The first kappa shape index (κ1) is 22.1. The highest BCUT2D eigenvalue weighted by atomic mass is 19.2. The maximum atomic E-state index is 13.5. The zero-order valence-corrected chi connectivity index (χ0v) is 18.0. The first-order chi connectivity index (χ1) is 15.9. The van der Waals surface area contributed by atoms with Gasteiger partial charge in [-0.1, -0.05) is 12.1 Å². The van der Waals surface area contributed by atoms with E-state index in [-0.39, 0.29) is 18.7 Å². The van der Waals surface area contributed by atoms with Crippen LogP contribution in [0.15, 0.2) is 59.8 Å². The summed E-state index contributed by atoms with van der Waals surface area (Å²) in [5.74, 6) is -1.80. The number of hydrogen-bond donors (Lipinski definition) is 2. The van der Waals surface area contributed by atoms with Crippen molar-refractivity contribution >= 4 is 22.6 Å². The number of carbonyl (C=O) groups excluding carboxylic acids is 1. The summed E-state index contributed by atoms with van der Waals surface area (Å²) in [5.41, 5.74) is 2.40. The Bertz CT molecular complexity index is 1420. The van der Waals surface area contributed by atoms with Gasteiger partial charge in [-0.3, -0.25) is 9.59 Å². The molecule has 0 unspecified atom stereocenters. The Balaban J connectivity index is 1.55. The van der Waals surface area contributed by atoms with E-state index in [0.717, 1.165) is 34.2 Å². The summed E-state index contributed by atoms with van der Waals surface area (Å²) in [5, 5.41) is 6.69. The Labute approximate surface area is 188 Å². The molecule has 2 aromatic carbocycles. The lowest BCUT2D eigenvalue weighted by Crippen LogP contribution is -2.32. The fraction of sp³-hybridized carbons (Fsp3) is 0.167. The van der Waals surface area contributed by atoms with Crippen molar-refractivity contribution in [1.29, 1.82) is 0 Å². The van der Waals surface area contributed by atoms with E-state index < -0.39 is 23.1 Å². The van der Waals surface area contributed by atoms with E-state index in [4.69, 9.17) is 0 Å². The molecule has 168 valence electrons. The molecule has 0 fully saturated rings. The third kappa shape index (κ3) is 4.43. The van der Waals surface area contributed by atoms with Crippen molar-refractivity contribution in [2.45, 2.75) is 20.0 Å². The lowest BCUT2D eigenvalue weighted by Gasteiger charge is -2.13. The zero-order chi connectivity index (χ0) is 23.5. The van der Waals surface area contributed by atoms with Gasteiger partial charge in [0.25, 0.3) is 11.5 Å². The van der Waals surface area contributed by atoms with E-state index in [0.29, 0.717) is 11.4 Å². The highest BCUT2D eigenvalue weighted by Crippen LogP contribution is 2.25. The predicted molar refractivity (Wildman–Crippen MR) is 121 cm³/mol. The number of fused-ring (bicyclic) bond motifs is 1. The summed E-state index contributed by atoms with van der Waals surface area (Å²) in [6, 6.07) is 10.1. The molecule has 2 N–H and O–H groups in total. The molecule has 1 amide bonds. The van der Waals surface area contributed by atoms with Crippen LogP contribution >= 0.6 is 0 Å². The van der Waals surface area contributed by atoms with Crippen molar-refractivity contribution in [3.63, 3.8) is 0 Å². The molecule has 2 heterocycles. The third-order valence-electron chi connectivity index (χ3n) is 5.45. The average Bonchev–Trinajstić information content (AvgIpc) is 2.81. The van der Waals surface area contributed by atoms with Crippen molar-refractivity contribution in [3.05, 3.63) is 99.2 Å². The monoisotopic (exact) mass is 449 g/mol. The molecule has 0 aliphatic carbocycles. The van der Waals surface area contributed by atoms with Crippen molar-refractivity contribution in [1.82, 2.24) is 19.9 Å². The van der Waals surface area contributed by atoms with Crippen LogP contribution in [0.1, 0.15) is 27.0 Å². The van der Waals surface area contributed by atoms with Gasteiger partial charge in [-0.05, 0) is 53.9 Å². The number of hydrogen-bond acceptors (Lipinski definition) is 5. The van der Waals surface area contributed by atoms with Crippen molar-refractivity contribution in [2.75, 3.05) is 12.4 Å². The number of aromatic nitrogens is 3. The number of anilines is 1. The molecular weight excluding hydrogens is 428 g/mol. The number of nitrogens with one attached hydrogen (secondary N) is 2. The van der Waals surface area contributed by atoms with E-state index in [1.807, 2.05) is 19.1 Å². The Morgan fingerprint density at radius 2 is 1.91 bits per heavy atom. The zero-order valence-electron chi connectivity index (χ0n) is 18.0. The smallest absolute Gasteiger partial charge is 0.263 e. The van der Waals surface area contributed by atoms with E-state index in [9.17, 15) is 18.4 Å². The number of halogens is 2. The first-order valence-corrected chi connectivity index (χ1v) is 10.2. The number of carbonyl (C=O) groups is 1. The van der Waals surface area contributed by atoms with Crippen LogP contribution < -0.4 is 16.2 Å². The maximum absolute atomic E-state index is 13.5. The van der Waals surface area contributed by atoms with E-state index in [1.54, 1.807) is 13.1 Å². The summed E-state index contributed by atoms with van der Waals surface area (Å²) in [7, 11) is 1.77. The van der Waals surface area contributed by atoms with Gasteiger partial charge in [0, 0.05) is 25.2 Å². The van der Waals surface area contributed by atoms with Crippen molar-refractivity contribution in [2.24, 2.45) is 0 Å². The van der Waals surface area contributed by atoms with Crippen molar-refractivity contribution in [3.8, 4) is 0 Å². The second-order valence-electron chi connectivity index (χ2n) is 7.50. The molecule has 7 nitrogen and oxygen atoms in total. The van der Waals surface area contributed by atoms with Gasteiger partial charge in [0.15, 0.2) is 11.6 Å². The maximum Gasteiger partial charge on any atom is 0.263 e. The molecule has 0 aliphatic rings. The molecule has 4 aromatic rings. The van der Waals surface area contributed by atoms with E-state index in [2.05, 4.69) is 20.6 Å². The summed E-state index contributed by atoms with van der Waals surface area (Å²) < 4.78 is 27.9. The number of aryl methyl sites for hydroxylation is 1. The molecule has 9 heteroatoms. The van der Waals surface area contributed by atoms with Gasteiger partial charge in [0.05, 0.1) is 12.1 Å². The molecular formula is C24H21F2N5O2. The molecule has 0 atom stereocenters. The first-order valence-electron chi connectivity index (χ1n) is 10.2. The minimum atomic E-state index is -0.993. The Hall–Kier alpha value is -4.14. The summed E-state index contributed by atoms with van der Waals surface area (Å²) in [4.78, 5) is 34.1. The predicted octanol–water partition coefficient (Wildman–Crippen LogP) is 3.40. The standard InChI is InChI=1S/C24H21F2N5O2/c1-14-16(6-8-20-21(14)22(27-2)30-13-29-20)11-28-23(32)17-4-3-9-31(24(17)33)12-15-5-7-18(25)19(26)10-15/h3-10,13H,11-12H2,1-2H3,(H,28,32)(H,27,29,30). The fourth-order valence-corrected chi connectivity index (χ4v) is 3.68. The van der Waals surface area contributed by atoms with E-state index >= 15 is 0 Å². The second-order valence-corrected chi connectivity index (χ2v) is 7.50. The second kappa shape index (κ2) is 9.15. The molecule has 2 aromatic heterocycles. The van der Waals surface area contributed by atoms with Crippen LogP contribution in [0.5, 0.6) is 0 Å². The summed E-state index contributed by atoms with van der Waals surface area (Å²) >= 11 is 0. The molecule has 0 spiro atoms. The largest absolute Gasteiger partial charge is 0.373 e. The fourth-order valence-electron chi connectivity index (χ4n) is 3.68. The molecule has 0 saturated carbocycles. The SMILES string of the molecule is CNc1ncnc2ccc(CNC(=O)c3cccn(Cc4ccc(F)c(F)c4)c3=O)c(C)c12. The quantitative estimate of drug-likeness (QED) is 0.471. The van der Waals surface area contributed by atoms with Crippen LogP contribution in [0.25, 0.3) is 10.9 Å². The van der Waals surface area contributed by atoms with Crippen LogP contribution in [0.3, 0.4) is 0 Å². The normalized spacial score (nSPS) is 10.9. The minimum Gasteiger partial charge on any atom is -0.373 e. The Morgan fingerprint density at radius 1 is 1.09 bits per heavy atom. The van der Waals surface area contributed by atoms with Crippen LogP contribution in [-0.4, -0.2) is 27.5 Å². The lowest BCUT2D eigenvalue weighted by atomic mass is 10.0. The average molecular weight is 449 g/mol. The van der Waals surface area contributed by atoms with Gasteiger partial charge in [0.2, 0.25) is 0 Å². The Kier molecular flexibility index (Phi) is 6.12. The number of pyridine rings is 1. The van der Waals surface area contributed by atoms with Gasteiger partial charge in [0.1, 0.15) is 17.7 Å². The summed E-state index contributed by atoms with van der Waals surface area (Å²) in [6.45, 7) is 2.13. The van der Waals surface area contributed by atoms with Crippen LogP contribution in [0.2, 0.25) is 0 Å². The number of rotatable bonds is 6.